The van der Waals surface area contributed by atoms with Crippen LogP contribution in [0.2, 0.25) is 0 Å². The van der Waals surface area contributed by atoms with Crippen LogP contribution in [0, 0.1) is 0 Å². The Bertz CT molecular complexity index is 211. The van der Waals surface area contributed by atoms with Gasteiger partial charge in [-0.2, -0.15) is 0 Å². The molecule has 0 bridgehead atoms. The Labute approximate surface area is 97.3 Å². The van der Waals surface area contributed by atoms with E-state index >= 15 is 0 Å². The molecular formula is C11H23N3O2. The number of hydrogen-bond acceptors (Lipinski definition) is 4. The number of carbonyl (C=O) groups is 1. The smallest absolute Gasteiger partial charge is 0.237 e. The summed E-state index contributed by atoms with van der Waals surface area (Å²) in [6.07, 6.45) is 3.09. The maximum Gasteiger partial charge on any atom is 0.237 e. The van der Waals surface area contributed by atoms with Gasteiger partial charge in [0, 0.05) is 33.3 Å². The zero-order valence-electron chi connectivity index (χ0n) is 10.1. The quantitative estimate of drug-likeness (QED) is 0.648. The molecule has 0 aromatic rings. The maximum absolute atomic E-state index is 11.9. The zero-order valence-corrected chi connectivity index (χ0v) is 10.1. The predicted molar refractivity (Wildman–Crippen MR) is 63.2 cm³/mol. The largest absolute Gasteiger partial charge is 0.383 e. The van der Waals surface area contributed by atoms with E-state index in [-0.39, 0.29) is 11.9 Å². The Morgan fingerprint density at radius 3 is 3.00 bits per heavy atom. The molecule has 0 aromatic carbocycles. The fourth-order valence-corrected chi connectivity index (χ4v) is 2.07. The van der Waals surface area contributed by atoms with Crippen LogP contribution in [-0.2, 0) is 9.53 Å². The number of nitrogens with two attached hydrogens (primary N) is 1. The van der Waals surface area contributed by atoms with Gasteiger partial charge in [-0.05, 0) is 19.3 Å². The van der Waals surface area contributed by atoms with Gasteiger partial charge in [0.2, 0.25) is 5.91 Å². The molecule has 1 atom stereocenters. The molecule has 0 saturated carbocycles. The molecule has 94 valence electrons. The molecule has 0 aliphatic carbocycles. The van der Waals surface area contributed by atoms with Crippen molar-refractivity contribution in [1.29, 1.82) is 0 Å². The molecule has 16 heavy (non-hydrogen) atoms. The average molecular weight is 229 g/mol. The van der Waals surface area contributed by atoms with Gasteiger partial charge in [0.1, 0.15) is 0 Å². The van der Waals surface area contributed by atoms with Crippen molar-refractivity contribution < 1.29 is 9.53 Å². The molecule has 1 fully saturated rings. The second-order valence-corrected chi connectivity index (χ2v) is 4.12. The van der Waals surface area contributed by atoms with Crippen LogP contribution < -0.4 is 11.1 Å². The summed E-state index contributed by atoms with van der Waals surface area (Å²) in [6, 6.07) is -0.0267. The molecule has 5 heteroatoms. The molecular weight excluding hydrogens is 206 g/mol. The van der Waals surface area contributed by atoms with Crippen molar-refractivity contribution in [3.8, 4) is 0 Å². The topological polar surface area (TPSA) is 67.6 Å². The Hall–Kier alpha value is -0.650. The van der Waals surface area contributed by atoms with Gasteiger partial charge in [-0.3, -0.25) is 9.69 Å². The van der Waals surface area contributed by atoms with E-state index in [1.165, 1.54) is 0 Å². The van der Waals surface area contributed by atoms with Crippen LogP contribution in [0.5, 0.6) is 0 Å². The second-order valence-electron chi connectivity index (χ2n) is 4.12. The molecule has 1 heterocycles. The molecule has 1 rings (SSSR count). The number of ether oxygens (including phenoxy) is 1. The highest BCUT2D eigenvalue weighted by Gasteiger charge is 2.26. The summed E-state index contributed by atoms with van der Waals surface area (Å²) >= 11 is 0. The Kier molecular flexibility index (Phi) is 6.37. The monoisotopic (exact) mass is 229 g/mol. The summed E-state index contributed by atoms with van der Waals surface area (Å²) in [5.74, 6) is 0.141. The summed E-state index contributed by atoms with van der Waals surface area (Å²) in [7, 11) is 1.67. The minimum absolute atomic E-state index is 0.0267. The van der Waals surface area contributed by atoms with E-state index in [1.807, 2.05) is 0 Å². The standard InChI is InChI=1S/C11H23N3O2/c1-16-9-8-14(7-5-12)10-4-2-3-6-13-11(10)15/h10H,2-9,12H2,1H3,(H,13,15). The summed E-state index contributed by atoms with van der Waals surface area (Å²) in [5, 5.41) is 2.95. The third-order valence-electron chi connectivity index (χ3n) is 2.95. The number of hydrogen-bond donors (Lipinski definition) is 2. The highest BCUT2D eigenvalue weighted by Crippen LogP contribution is 2.11. The van der Waals surface area contributed by atoms with Gasteiger partial charge in [-0.1, -0.05) is 0 Å². The van der Waals surface area contributed by atoms with Crippen molar-refractivity contribution in [3.05, 3.63) is 0 Å². The first kappa shape index (κ1) is 13.4. The fourth-order valence-electron chi connectivity index (χ4n) is 2.07. The summed E-state index contributed by atoms with van der Waals surface area (Å²) < 4.78 is 5.06. The fraction of sp³-hybridized carbons (Fsp3) is 0.909. The SMILES string of the molecule is COCCN(CCN)C1CCCCNC1=O. The molecule has 3 N–H and O–H groups in total. The number of amides is 1. The number of nitrogens with zero attached hydrogens (tertiary/aromatic N) is 1. The van der Waals surface area contributed by atoms with Crippen LogP contribution in [0.15, 0.2) is 0 Å². The molecule has 0 aromatic heterocycles. The zero-order chi connectivity index (χ0) is 11.8. The minimum atomic E-state index is -0.0267. The van der Waals surface area contributed by atoms with E-state index in [0.29, 0.717) is 13.2 Å². The van der Waals surface area contributed by atoms with Gasteiger partial charge in [-0.25, -0.2) is 0 Å². The van der Waals surface area contributed by atoms with Gasteiger partial charge < -0.3 is 15.8 Å². The number of nitrogens with one attached hydrogen (secondary N) is 1. The van der Waals surface area contributed by atoms with Crippen LogP contribution in [0.1, 0.15) is 19.3 Å². The summed E-state index contributed by atoms with van der Waals surface area (Å²) in [6.45, 7) is 3.54. The minimum Gasteiger partial charge on any atom is -0.383 e. The molecule has 1 aliphatic heterocycles. The van der Waals surface area contributed by atoms with Crippen molar-refractivity contribution in [3.63, 3.8) is 0 Å². The van der Waals surface area contributed by atoms with E-state index in [2.05, 4.69) is 10.2 Å². The van der Waals surface area contributed by atoms with Crippen molar-refractivity contribution in [1.82, 2.24) is 10.2 Å². The van der Waals surface area contributed by atoms with Gasteiger partial charge >= 0.3 is 0 Å². The average Bonchev–Trinajstić information content (AvgIpc) is 2.49. The number of methoxy groups -OCH3 is 1. The Morgan fingerprint density at radius 2 is 2.31 bits per heavy atom. The lowest BCUT2D eigenvalue weighted by atomic mass is 10.1. The first-order valence-corrected chi connectivity index (χ1v) is 6.00. The van der Waals surface area contributed by atoms with Crippen molar-refractivity contribution >= 4 is 5.91 Å². The van der Waals surface area contributed by atoms with Gasteiger partial charge in [0.25, 0.3) is 0 Å². The molecule has 1 amide bonds. The molecule has 1 unspecified atom stereocenters. The maximum atomic E-state index is 11.9. The first-order valence-electron chi connectivity index (χ1n) is 6.00. The van der Waals surface area contributed by atoms with Crippen LogP contribution in [0.25, 0.3) is 0 Å². The molecule has 5 nitrogen and oxygen atoms in total. The van der Waals surface area contributed by atoms with Gasteiger partial charge in [-0.15, -0.1) is 0 Å². The van der Waals surface area contributed by atoms with Gasteiger partial charge in [0.15, 0.2) is 0 Å². The van der Waals surface area contributed by atoms with Crippen LogP contribution in [0.4, 0.5) is 0 Å². The van der Waals surface area contributed by atoms with Crippen LogP contribution in [0.3, 0.4) is 0 Å². The van der Waals surface area contributed by atoms with Crippen molar-refractivity contribution in [2.24, 2.45) is 5.73 Å². The van der Waals surface area contributed by atoms with E-state index in [0.717, 1.165) is 38.9 Å². The molecule has 1 aliphatic rings. The lowest BCUT2D eigenvalue weighted by Crippen LogP contribution is -2.48. The Morgan fingerprint density at radius 1 is 1.50 bits per heavy atom. The van der Waals surface area contributed by atoms with E-state index in [9.17, 15) is 4.79 Å². The second kappa shape index (κ2) is 7.60. The molecule has 0 spiro atoms. The van der Waals surface area contributed by atoms with Crippen LogP contribution >= 0.6 is 0 Å². The predicted octanol–water partition coefficient (Wildman–Crippen LogP) is -0.438. The lowest BCUT2D eigenvalue weighted by Gasteiger charge is -2.28. The first-order chi connectivity index (χ1) is 7.79. The van der Waals surface area contributed by atoms with Gasteiger partial charge in [0.05, 0.1) is 12.6 Å². The number of carbonyl (C=O) groups excluding carboxylic acids is 1. The normalized spacial score (nSPS) is 21.9. The lowest BCUT2D eigenvalue weighted by molar-refractivity contribution is -0.126. The third kappa shape index (κ3) is 4.08. The number of rotatable bonds is 6. The van der Waals surface area contributed by atoms with Crippen LogP contribution in [-0.4, -0.2) is 56.7 Å². The Balaban J connectivity index is 2.54. The summed E-state index contributed by atoms with van der Waals surface area (Å²) in [5.41, 5.74) is 5.58. The van der Waals surface area contributed by atoms with E-state index < -0.39 is 0 Å². The third-order valence-corrected chi connectivity index (χ3v) is 2.95. The summed E-state index contributed by atoms with van der Waals surface area (Å²) in [4.78, 5) is 14.0. The van der Waals surface area contributed by atoms with Crippen molar-refractivity contribution in [2.45, 2.75) is 25.3 Å². The highest BCUT2D eigenvalue weighted by molar-refractivity contribution is 5.81. The van der Waals surface area contributed by atoms with E-state index in [4.69, 9.17) is 10.5 Å². The van der Waals surface area contributed by atoms with E-state index in [1.54, 1.807) is 7.11 Å². The molecule has 0 radical (unpaired) electrons. The highest BCUT2D eigenvalue weighted by atomic mass is 16.5. The molecule has 1 saturated heterocycles. The van der Waals surface area contributed by atoms with Crippen molar-refractivity contribution in [2.75, 3.05) is 39.9 Å².